The van der Waals surface area contributed by atoms with E-state index < -0.39 is 29.6 Å². The summed E-state index contributed by atoms with van der Waals surface area (Å²) in [5, 5.41) is 2.84. The molecule has 1 N–H and O–H groups in total. The molecule has 11 heteroatoms. The van der Waals surface area contributed by atoms with E-state index in [4.69, 9.17) is 14.5 Å². The van der Waals surface area contributed by atoms with Gasteiger partial charge in [-0.1, -0.05) is 54.6 Å². The maximum atomic E-state index is 13.8. The van der Waals surface area contributed by atoms with Crippen LogP contribution in [0.4, 0.5) is 4.79 Å². The number of benzene rings is 2. The van der Waals surface area contributed by atoms with E-state index in [1.165, 1.54) is 0 Å². The van der Waals surface area contributed by atoms with E-state index in [0.29, 0.717) is 24.6 Å². The van der Waals surface area contributed by atoms with E-state index in [-0.39, 0.29) is 44.1 Å². The fourth-order valence-electron chi connectivity index (χ4n) is 4.97. The zero-order chi connectivity index (χ0) is 32.6. The number of ether oxygens (including phenoxy) is 2. The highest BCUT2D eigenvalue weighted by Gasteiger charge is 2.32. The fourth-order valence-corrected chi connectivity index (χ4v) is 4.97. The number of hydrogen-bond donors (Lipinski definition) is 1. The summed E-state index contributed by atoms with van der Waals surface area (Å²) >= 11 is 0. The van der Waals surface area contributed by atoms with Crippen molar-refractivity contribution >= 4 is 23.9 Å². The highest BCUT2D eigenvalue weighted by molar-refractivity contribution is 5.97. The molecule has 1 aromatic heterocycles. The normalized spacial score (nSPS) is 14.0. The molecule has 1 aliphatic rings. The average Bonchev–Trinajstić information content (AvgIpc) is 3.02. The number of nitrogens with zero attached hydrogens (tertiary/aromatic N) is 4. The Morgan fingerprint density at radius 2 is 1.56 bits per heavy atom. The molecular weight excluding hydrogens is 574 g/mol. The zero-order valence-electron chi connectivity index (χ0n) is 26.5. The van der Waals surface area contributed by atoms with Crippen LogP contribution in [0.3, 0.4) is 0 Å². The van der Waals surface area contributed by atoms with Gasteiger partial charge in [0.25, 0.3) is 5.91 Å². The summed E-state index contributed by atoms with van der Waals surface area (Å²) in [4.78, 5) is 64.8. The summed E-state index contributed by atoms with van der Waals surface area (Å²) in [5.41, 5.74) is 2.53. The molecule has 1 aliphatic heterocycles. The van der Waals surface area contributed by atoms with Crippen LogP contribution in [0.1, 0.15) is 56.6 Å². The van der Waals surface area contributed by atoms with Crippen molar-refractivity contribution in [3.63, 3.8) is 0 Å². The SMILES string of the molecule is CCOC(=O)N1CCN(C(=O)C(CCC(=O)OC(C)(C)C)NC(=O)c2cc(-c3ccccc3C)nc(-c3ccccc3)n2)CC1. The summed E-state index contributed by atoms with van der Waals surface area (Å²) in [5.74, 6) is -1.03. The Kier molecular flexibility index (Phi) is 10.9. The van der Waals surface area contributed by atoms with Gasteiger partial charge in [-0.15, -0.1) is 0 Å². The Morgan fingerprint density at radius 3 is 2.20 bits per heavy atom. The molecule has 0 bridgehead atoms. The number of carbonyl (C=O) groups is 4. The van der Waals surface area contributed by atoms with Gasteiger partial charge in [0.2, 0.25) is 5.91 Å². The van der Waals surface area contributed by atoms with Crippen LogP contribution >= 0.6 is 0 Å². The number of piperazine rings is 1. The van der Waals surface area contributed by atoms with E-state index in [0.717, 1.165) is 16.7 Å². The zero-order valence-corrected chi connectivity index (χ0v) is 26.5. The van der Waals surface area contributed by atoms with Crippen LogP contribution < -0.4 is 5.32 Å². The number of hydrogen-bond acceptors (Lipinski definition) is 8. The summed E-state index contributed by atoms with van der Waals surface area (Å²) in [6, 6.07) is 17.6. The Hall–Kier alpha value is -4.80. The minimum Gasteiger partial charge on any atom is -0.460 e. The highest BCUT2D eigenvalue weighted by atomic mass is 16.6. The maximum absolute atomic E-state index is 13.8. The minimum atomic E-state index is -1.03. The van der Waals surface area contributed by atoms with Gasteiger partial charge in [0.05, 0.1) is 12.3 Å². The molecule has 45 heavy (non-hydrogen) atoms. The molecule has 238 valence electrons. The number of esters is 1. The van der Waals surface area contributed by atoms with Crippen LogP contribution in [0.25, 0.3) is 22.6 Å². The first kappa shape index (κ1) is 33.1. The van der Waals surface area contributed by atoms with Crippen LogP contribution in [0, 0.1) is 6.92 Å². The lowest BCUT2D eigenvalue weighted by atomic mass is 10.0. The molecule has 2 aromatic carbocycles. The van der Waals surface area contributed by atoms with Gasteiger partial charge in [0.1, 0.15) is 17.3 Å². The molecule has 0 aliphatic carbocycles. The first-order chi connectivity index (χ1) is 21.4. The van der Waals surface area contributed by atoms with Gasteiger partial charge >= 0.3 is 12.1 Å². The van der Waals surface area contributed by atoms with Crippen molar-refractivity contribution in [1.29, 1.82) is 0 Å². The van der Waals surface area contributed by atoms with Crippen molar-refractivity contribution in [1.82, 2.24) is 25.1 Å². The van der Waals surface area contributed by atoms with Gasteiger partial charge in [-0.3, -0.25) is 14.4 Å². The van der Waals surface area contributed by atoms with Crippen molar-refractivity contribution in [2.24, 2.45) is 0 Å². The van der Waals surface area contributed by atoms with Crippen molar-refractivity contribution in [3.8, 4) is 22.6 Å². The summed E-state index contributed by atoms with van der Waals surface area (Å²) < 4.78 is 10.5. The van der Waals surface area contributed by atoms with E-state index in [9.17, 15) is 19.2 Å². The van der Waals surface area contributed by atoms with Gasteiger partial charge < -0.3 is 24.6 Å². The van der Waals surface area contributed by atoms with Crippen molar-refractivity contribution < 1.29 is 28.7 Å². The van der Waals surface area contributed by atoms with E-state index in [1.807, 2.05) is 61.5 Å². The minimum absolute atomic E-state index is 0.0266. The van der Waals surface area contributed by atoms with Gasteiger partial charge in [-0.25, -0.2) is 14.8 Å². The third-order valence-corrected chi connectivity index (χ3v) is 7.19. The Bertz CT molecular complexity index is 1510. The van der Waals surface area contributed by atoms with E-state index >= 15 is 0 Å². The molecule has 1 saturated heterocycles. The second-order valence-electron chi connectivity index (χ2n) is 11.8. The lowest BCUT2D eigenvalue weighted by Gasteiger charge is -2.36. The van der Waals surface area contributed by atoms with Gasteiger partial charge in [-0.2, -0.15) is 0 Å². The first-order valence-electron chi connectivity index (χ1n) is 15.2. The van der Waals surface area contributed by atoms with Gasteiger partial charge in [0, 0.05) is 43.7 Å². The van der Waals surface area contributed by atoms with Crippen molar-refractivity contribution in [3.05, 3.63) is 71.9 Å². The van der Waals surface area contributed by atoms with Crippen LogP contribution in [0.2, 0.25) is 0 Å². The smallest absolute Gasteiger partial charge is 0.409 e. The average molecular weight is 616 g/mol. The predicted molar refractivity (Wildman–Crippen MR) is 169 cm³/mol. The molecular formula is C34H41N5O6. The Balaban J connectivity index is 1.61. The van der Waals surface area contributed by atoms with Crippen LogP contribution in [0.5, 0.6) is 0 Å². The third-order valence-electron chi connectivity index (χ3n) is 7.19. The lowest BCUT2D eigenvalue weighted by molar-refractivity contribution is -0.155. The first-order valence-corrected chi connectivity index (χ1v) is 15.2. The number of aromatic nitrogens is 2. The van der Waals surface area contributed by atoms with Crippen LogP contribution in [-0.4, -0.2) is 88.1 Å². The lowest BCUT2D eigenvalue weighted by Crippen LogP contribution is -2.56. The summed E-state index contributed by atoms with van der Waals surface area (Å²) in [6.07, 6.45) is -0.481. The molecule has 3 aromatic rings. The van der Waals surface area contributed by atoms with Gasteiger partial charge in [-0.05, 0) is 52.7 Å². The molecule has 1 unspecified atom stereocenters. The molecule has 2 heterocycles. The molecule has 1 atom stereocenters. The topological polar surface area (TPSA) is 131 Å². The Morgan fingerprint density at radius 1 is 0.911 bits per heavy atom. The molecule has 11 nitrogen and oxygen atoms in total. The van der Waals surface area contributed by atoms with E-state index in [2.05, 4.69) is 10.3 Å². The highest BCUT2D eigenvalue weighted by Crippen LogP contribution is 2.25. The molecule has 1 fully saturated rings. The van der Waals surface area contributed by atoms with Crippen LogP contribution in [-0.2, 0) is 19.1 Å². The second kappa shape index (κ2) is 14.8. The van der Waals surface area contributed by atoms with E-state index in [1.54, 1.807) is 43.6 Å². The van der Waals surface area contributed by atoms with Crippen molar-refractivity contribution in [2.45, 2.75) is 59.1 Å². The second-order valence-corrected chi connectivity index (χ2v) is 11.8. The monoisotopic (exact) mass is 615 g/mol. The summed E-state index contributed by atoms with van der Waals surface area (Å²) in [6.45, 7) is 10.4. The van der Waals surface area contributed by atoms with Crippen LogP contribution in [0.15, 0.2) is 60.7 Å². The predicted octanol–water partition coefficient (Wildman–Crippen LogP) is 4.64. The molecule has 3 amide bonds. The third kappa shape index (κ3) is 9.10. The van der Waals surface area contributed by atoms with Crippen molar-refractivity contribution in [2.75, 3.05) is 32.8 Å². The largest absolute Gasteiger partial charge is 0.460 e. The maximum Gasteiger partial charge on any atom is 0.409 e. The molecule has 0 spiro atoms. The molecule has 0 radical (unpaired) electrons. The standard InChI is InChI=1S/C34H41N5O6/c1-6-44-33(43)39-20-18-38(19-21-39)32(42)26(16-17-29(40)45-34(3,4)5)37-31(41)28-22-27(25-15-11-10-12-23(25)2)35-30(36-28)24-13-8-7-9-14-24/h7-15,22,26H,6,16-21H2,1-5H3,(H,37,41). The number of carbonyl (C=O) groups excluding carboxylic acids is 4. The quantitative estimate of drug-likeness (QED) is 0.345. The number of nitrogens with one attached hydrogen (secondary N) is 1. The summed E-state index contributed by atoms with van der Waals surface area (Å²) in [7, 11) is 0. The molecule has 4 rings (SSSR count). The number of amides is 3. The number of rotatable bonds is 9. The fraction of sp³-hybridized carbons (Fsp3) is 0.412. The molecule has 0 saturated carbocycles. The van der Waals surface area contributed by atoms with Gasteiger partial charge in [0.15, 0.2) is 5.82 Å². The number of aryl methyl sites for hydroxylation is 1. The Labute approximate surface area is 263 Å².